The van der Waals surface area contributed by atoms with Crippen molar-refractivity contribution in [2.45, 2.75) is 39.2 Å². The van der Waals surface area contributed by atoms with Crippen molar-refractivity contribution in [1.82, 2.24) is 20.1 Å². The molecule has 0 unspecified atom stereocenters. The lowest BCUT2D eigenvalue weighted by molar-refractivity contribution is -0.138. The molecule has 2 aliphatic heterocycles. The summed E-state index contributed by atoms with van der Waals surface area (Å²) in [5, 5.41) is 2.93. The van der Waals surface area contributed by atoms with Crippen LogP contribution in [0.3, 0.4) is 0 Å². The molecule has 1 aromatic heterocycles. The number of carbonyl (C=O) groups excluding carboxylic acids is 2. The molecular formula is C19H28N4O2. The van der Waals surface area contributed by atoms with Crippen LogP contribution in [0.2, 0.25) is 0 Å². The van der Waals surface area contributed by atoms with E-state index in [0.717, 1.165) is 50.3 Å². The molecule has 2 aliphatic rings. The lowest BCUT2D eigenvalue weighted by Gasteiger charge is -2.36. The zero-order valence-electron chi connectivity index (χ0n) is 15.0. The van der Waals surface area contributed by atoms with Gasteiger partial charge in [0.25, 0.3) is 0 Å². The van der Waals surface area contributed by atoms with Gasteiger partial charge in [0.2, 0.25) is 5.91 Å². The Morgan fingerprint density at radius 1 is 1.12 bits per heavy atom. The van der Waals surface area contributed by atoms with E-state index in [9.17, 15) is 9.59 Å². The number of carbonyl (C=O) groups is 2. The van der Waals surface area contributed by atoms with Gasteiger partial charge in [0.1, 0.15) is 0 Å². The number of rotatable bonds is 3. The van der Waals surface area contributed by atoms with Gasteiger partial charge in [0.05, 0.1) is 0 Å². The summed E-state index contributed by atoms with van der Waals surface area (Å²) in [6.07, 6.45) is 7.24. The summed E-state index contributed by atoms with van der Waals surface area (Å²) in [7, 11) is 0. The highest BCUT2D eigenvalue weighted by Crippen LogP contribution is 2.23. The van der Waals surface area contributed by atoms with Gasteiger partial charge in [-0.1, -0.05) is 13.0 Å². The van der Waals surface area contributed by atoms with Crippen LogP contribution in [-0.2, 0) is 11.3 Å². The van der Waals surface area contributed by atoms with Gasteiger partial charge in [0, 0.05) is 51.0 Å². The Kier molecular flexibility index (Phi) is 5.89. The van der Waals surface area contributed by atoms with Crippen LogP contribution in [-0.4, -0.2) is 52.9 Å². The average Bonchev–Trinajstić information content (AvgIpc) is 2.67. The maximum atomic E-state index is 12.6. The van der Waals surface area contributed by atoms with Crippen molar-refractivity contribution in [2.75, 3.05) is 26.2 Å². The number of hydrogen-bond donors (Lipinski definition) is 1. The number of likely N-dealkylation sites (tertiary alicyclic amines) is 2. The van der Waals surface area contributed by atoms with Gasteiger partial charge in [-0.05, 0) is 43.2 Å². The molecule has 0 aliphatic carbocycles. The zero-order chi connectivity index (χ0) is 17.6. The molecule has 3 rings (SSSR count). The molecule has 0 spiro atoms. The van der Waals surface area contributed by atoms with Gasteiger partial charge in [0.15, 0.2) is 0 Å². The highest BCUT2D eigenvalue weighted by atomic mass is 16.2. The maximum Gasteiger partial charge on any atom is 0.317 e. The van der Waals surface area contributed by atoms with Crippen molar-refractivity contribution < 1.29 is 9.59 Å². The minimum Gasteiger partial charge on any atom is -0.342 e. The van der Waals surface area contributed by atoms with E-state index in [1.165, 1.54) is 0 Å². The first-order valence-corrected chi connectivity index (χ1v) is 9.34. The lowest BCUT2D eigenvalue weighted by atomic mass is 9.93. The van der Waals surface area contributed by atoms with Crippen molar-refractivity contribution in [2.24, 2.45) is 11.8 Å². The topological polar surface area (TPSA) is 65.5 Å². The van der Waals surface area contributed by atoms with Crippen molar-refractivity contribution >= 4 is 11.9 Å². The van der Waals surface area contributed by atoms with Gasteiger partial charge in [-0.25, -0.2) is 4.79 Å². The van der Waals surface area contributed by atoms with Gasteiger partial charge in [-0.15, -0.1) is 0 Å². The van der Waals surface area contributed by atoms with E-state index in [2.05, 4.69) is 17.2 Å². The Bertz CT molecular complexity index is 576. The summed E-state index contributed by atoms with van der Waals surface area (Å²) in [6, 6.07) is 3.75. The van der Waals surface area contributed by atoms with Gasteiger partial charge in [-0.2, -0.15) is 0 Å². The first kappa shape index (κ1) is 17.7. The quantitative estimate of drug-likeness (QED) is 0.915. The van der Waals surface area contributed by atoms with Gasteiger partial charge >= 0.3 is 6.03 Å². The summed E-state index contributed by atoms with van der Waals surface area (Å²) < 4.78 is 0. The normalized spacial score (nSPS) is 19.7. The SMILES string of the molecule is CC1CCN(C(=O)C2CCN(C(=O)NCc3cccnc3)CC2)CC1. The van der Waals surface area contributed by atoms with E-state index in [1.54, 1.807) is 12.4 Å². The van der Waals surface area contributed by atoms with Crippen LogP contribution in [0.15, 0.2) is 24.5 Å². The first-order chi connectivity index (χ1) is 12.1. The predicted octanol–water partition coefficient (Wildman–Crippen LogP) is 2.26. The molecule has 0 aromatic carbocycles. The summed E-state index contributed by atoms with van der Waals surface area (Å²) >= 11 is 0. The second-order valence-corrected chi connectivity index (χ2v) is 7.29. The second-order valence-electron chi connectivity index (χ2n) is 7.29. The average molecular weight is 344 g/mol. The molecule has 6 nitrogen and oxygen atoms in total. The van der Waals surface area contributed by atoms with Crippen LogP contribution in [0.5, 0.6) is 0 Å². The summed E-state index contributed by atoms with van der Waals surface area (Å²) in [5.74, 6) is 1.10. The molecule has 0 radical (unpaired) electrons. The van der Waals surface area contributed by atoms with E-state index >= 15 is 0 Å². The molecule has 3 heterocycles. The lowest BCUT2D eigenvalue weighted by Crippen LogP contribution is -2.48. The summed E-state index contributed by atoms with van der Waals surface area (Å²) in [4.78, 5) is 32.8. The van der Waals surface area contributed by atoms with E-state index in [4.69, 9.17) is 0 Å². The fraction of sp³-hybridized carbons (Fsp3) is 0.632. The molecule has 136 valence electrons. The maximum absolute atomic E-state index is 12.6. The number of urea groups is 1. The van der Waals surface area contributed by atoms with Crippen molar-refractivity contribution in [3.8, 4) is 0 Å². The zero-order valence-corrected chi connectivity index (χ0v) is 15.0. The standard InChI is InChI=1S/C19H28N4O2/c1-15-4-9-22(10-5-15)18(24)17-6-11-23(12-7-17)19(25)21-14-16-3-2-8-20-13-16/h2-3,8,13,15,17H,4-7,9-12,14H2,1H3,(H,21,25). The molecule has 1 N–H and O–H groups in total. The van der Waals surface area contributed by atoms with E-state index in [-0.39, 0.29) is 11.9 Å². The van der Waals surface area contributed by atoms with Crippen LogP contribution < -0.4 is 5.32 Å². The number of aromatic nitrogens is 1. The molecular weight excluding hydrogens is 316 g/mol. The van der Waals surface area contributed by atoms with Crippen LogP contribution in [0.25, 0.3) is 0 Å². The van der Waals surface area contributed by atoms with E-state index in [0.29, 0.717) is 25.5 Å². The minimum atomic E-state index is -0.0541. The van der Waals surface area contributed by atoms with E-state index < -0.39 is 0 Å². The summed E-state index contributed by atoms with van der Waals surface area (Å²) in [5.41, 5.74) is 0.986. The van der Waals surface area contributed by atoms with Crippen molar-refractivity contribution in [3.05, 3.63) is 30.1 Å². The molecule has 0 saturated carbocycles. The number of piperidine rings is 2. The number of nitrogens with zero attached hydrogens (tertiary/aromatic N) is 3. The predicted molar refractivity (Wildman–Crippen MR) is 95.7 cm³/mol. The Morgan fingerprint density at radius 2 is 1.80 bits per heavy atom. The smallest absolute Gasteiger partial charge is 0.317 e. The largest absolute Gasteiger partial charge is 0.342 e. The number of hydrogen-bond acceptors (Lipinski definition) is 3. The Balaban J connectivity index is 1.42. The third-order valence-corrected chi connectivity index (χ3v) is 5.39. The van der Waals surface area contributed by atoms with Crippen molar-refractivity contribution in [1.29, 1.82) is 0 Å². The van der Waals surface area contributed by atoms with Crippen LogP contribution in [0.4, 0.5) is 4.79 Å². The molecule has 25 heavy (non-hydrogen) atoms. The van der Waals surface area contributed by atoms with Crippen molar-refractivity contribution in [3.63, 3.8) is 0 Å². The Hall–Kier alpha value is -2.11. The van der Waals surface area contributed by atoms with Gasteiger partial charge < -0.3 is 15.1 Å². The Labute approximate surface area is 149 Å². The fourth-order valence-electron chi connectivity index (χ4n) is 3.61. The molecule has 0 bridgehead atoms. The second kappa shape index (κ2) is 8.32. The monoisotopic (exact) mass is 344 g/mol. The van der Waals surface area contributed by atoms with Gasteiger partial charge in [-0.3, -0.25) is 9.78 Å². The first-order valence-electron chi connectivity index (χ1n) is 9.34. The minimum absolute atomic E-state index is 0.0541. The highest BCUT2D eigenvalue weighted by molar-refractivity contribution is 5.80. The third-order valence-electron chi connectivity index (χ3n) is 5.39. The molecule has 6 heteroatoms. The molecule has 3 amide bonds. The van der Waals surface area contributed by atoms with Crippen LogP contribution >= 0.6 is 0 Å². The number of amides is 3. The molecule has 1 aromatic rings. The molecule has 0 atom stereocenters. The van der Waals surface area contributed by atoms with E-state index in [1.807, 2.05) is 21.9 Å². The molecule has 2 saturated heterocycles. The summed E-state index contributed by atoms with van der Waals surface area (Å²) in [6.45, 7) is 5.83. The fourth-order valence-corrected chi connectivity index (χ4v) is 3.61. The Morgan fingerprint density at radius 3 is 2.44 bits per heavy atom. The molecule has 2 fully saturated rings. The van der Waals surface area contributed by atoms with Crippen LogP contribution in [0, 0.1) is 11.8 Å². The number of pyridine rings is 1. The van der Waals surface area contributed by atoms with Crippen LogP contribution in [0.1, 0.15) is 38.2 Å². The number of nitrogens with one attached hydrogen (secondary N) is 1. The third kappa shape index (κ3) is 4.71. The highest BCUT2D eigenvalue weighted by Gasteiger charge is 2.31.